The minimum absolute atomic E-state index is 0.0601. The molecule has 0 aliphatic carbocycles. The molecule has 8 heteroatoms. The molecule has 43 heavy (non-hydrogen) atoms. The highest BCUT2D eigenvalue weighted by Gasteiger charge is 2.37. The van der Waals surface area contributed by atoms with Crippen molar-refractivity contribution in [1.82, 2.24) is 4.98 Å². The Kier molecular flexibility index (Phi) is 8.85. The summed E-state index contributed by atoms with van der Waals surface area (Å²) in [5.41, 5.74) is 2.95. The SMILES string of the molecule is CCCCCc1ccc(-c2ccc(C(F)(F)Oc3ccc(-c4ccc(-c5cc(F)c(F)c(F)c5)nc4)cc3)c(F)c2)cc1. The first-order valence-electron chi connectivity index (χ1n) is 13.8. The zero-order valence-corrected chi connectivity index (χ0v) is 23.2. The van der Waals surface area contributed by atoms with E-state index in [-0.39, 0.29) is 17.0 Å². The first kappa shape index (κ1) is 29.9. The summed E-state index contributed by atoms with van der Waals surface area (Å²) in [7, 11) is 0. The number of aryl methyl sites for hydroxylation is 1. The van der Waals surface area contributed by atoms with E-state index in [4.69, 9.17) is 4.74 Å². The highest BCUT2D eigenvalue weighted by Crippen LogP contribution is 2.36. The van der Waals surface area contributed by atoms with Gasteiger partial charge in [0.05, 0.1) is 11.3 Å². The lowest BCUT2D eigenvalue weighted by molar-refractivity contribution is -0.187. The van der Waals surface area contributed by atoms with Crippen LogP contribution in [0, 0.1) is 23.3 Å². The molecule has 0 atom stereocenters. The summed E-state index contributed by atoms with van der Waals surface area (Å²) < 4.78 is 90.2. The summed E-state index contributed by atoms with van der Waals surface area (Å²) >= 11 is 0. The highest BCUT2D eigenvalue weighted by molar-refractivity contribution is 5.67. The van der Waals surface area contributed by atoms with Crippen LogP contribution in [0.5, 0.6) is 5.75 Å². The van der Waals surface area contributed by atoms with Gasteiger partial charge in [0, 0.05) is 17.3 Å². The Bertz CT molecular complexity index is 1680. The lowest BCUT2D eigenvalue weighted by Crippen LogP contribution is -2.23. The van der Waals surface area contributed by atoms with Crippen LogP contribution in [0.2, 0.25) is 0 Å². The third-order valence-corrected chi connectivity index (χ3v) is 7.12. The fourth-order valence-corrected chi connectivity index (χ4v) is 4.73. The van der Waals surface area contributed by atoms with Crippen LogP contribution >= 0.6 is 0 Å². The molecule has 5 aromatic rings. The number of benzene rings is 4. The molecule has 2 nitrogen and oxygen atoms in total. The maximum atomic E-state index is 15.0. The van der Waals surface area contributed by atoms with Gasteiger partial charge in [-0.1, -0.05) is 68.3 Å². The van der Waals surface area contributed by atoms with Gasteiger partial charge < -0.3 is 4.74 Å². The molecular weight excluding hydrogens is 564 g/mol. The summed E-state index contributed by atoms with van der Waals surface area (Å²) in [5, 5.41) is 0. The second-order valence-electron chi connectivity index (χ2n) is 10.2. The quantitative estimate of drug-likeness (QED) is 0.0916. The van der Waals surface area contributed by atoms with E-state index in [9.17, 15) is 26.3 Å². The van der Waals surface area contributed by atoms with E-state index in [1.807, 2.05) is 24.3 Å². The van der Waals surface area contributed by atoms with Crippen molar-refractivity contribution >= 4 is 0 Å². The third kappa shape index (κ3) is 6.91. The molecule has 1 heterocycles. The minimum atomic E-state index is -3.93. The Hall–Kier alpha value is -4.59. The largest absolute Gasteiger partial charge is 0.429 e. The van der Waals surface area contributed by atoms with Gasteiger partial charge in [0.2, 0.25) is 0 Å². The van der Waals surface area contributed by atoms with E-state index in [0.717, 1.165) is 55.5 Å². The van der Waals surface area contributed by atoms with Crippen LogP contribution < -0.4 is 4.74 Å². The van der Waals surface area contributed by atoms with Gasteiger partial charge in [0.1, 0.15) is 11.6 Å². The molecule has 4 aromatic carbocycles. The molecule has 0 spiro atoms. The fourth-order valence-electron chi connectivity index (χ4n) is 4.73. The molecule has 0 N–H and O–H groups in total. The van der Waals surface area contributed by atoms with Gasteiger partial charge in [-0.25, -0.2) is 17.6 Å². The van der Waals surface area contributed by atoms with Gasteiger partial charge in [-0.2, -0.15) is 8.78 Å². The predicted octanol–water partition coefficient (Wildman–Crippen LogP) is 10.5. The zero-order valence-electron chi connectivity index (χ0n) is 23.2. The van der Waals surface area contributed by atoms with Gasteiger partial charge in [0.15, 0.2) is 17.5 Å². The smallest absolute Gasteiger partial charge is 0.429 e. The standard InChI is InChI=1S/C35H27F6NO/c1-2-3-4-5-22-6-8-23(9-7-22)25-12-16-29(30(36)18-25)35(40,41)43-28-14-10-24(11-15-28)26-13-17-33(42-21-26)27-19-31(37)34(39)32(38)20-27/h6-21H,2-5H2,1H3. The van der Waals surface area contributed by atoms with Crippen molar-refractivity contribution in [1.29, 1.82) is 0 Å². The fraction of sp³-hybridized carbons (Fsp3) is 0.171. The van der Waals surface area contributed by atoms with Crippen molar-refractivity contribution in [3.05, 3.63) is 132 Å². The number of alkyl halides is 2. The summed E-state index contributed by atoms with van der Waals surface area (Å²) in [4.78, 5) is 4.17. The summed E-state index contributed by atoms with van der Waals surface area (Å²) in [6.45, 7) is 2.14. The number of rotatable bonds is 10. The Balaban J connectivity index is 1.26. The molecule has 0 saturated heterocycles. The second-order valence-corrected chi connectivity index (χ2v) is 10.2. The number of halogens is 6. The predicted molar refractivity (Wildman–Crippen MR) is 155 cm³/mol. The van der Waals surface area contributed by atoms with E-state index in [1.54, 1.807) is 6.07 Å². The van der Waals surface area contributed by atoms with Crippen LogP contribution in [0.1, 0.15) is 37.3 Å². The van der Waals surface area contributed by atoms with Crippen LogP contribution in [0.25, 0.3) is 33.5 Å². The molecular formula is C35H27F6NO. The Morgan fingerprint density at radius 2 is 1.21 bits per heavy atom. The number of unbranched alkanes of at least 4 members (excludes halogenated alkanes) is 2. The van der Waals surface area contributed by atoms with Crippen molar-refractivity contribution in [3.63, 3.8) is 0 Å². The lowest BCUT2D eigenvalue weighted by atomic mass is 10.00. The third-order valence-electron chi connectivity index (χ3n) is 7.12. The van der Waals surface area contributed by atoms with Crippen molar-refractivity contribution in [3.8, 4) is 39.3 Å². The van der Waals surface area contributed by atoms with Crippen LogP contribution in [0.3, 0.4) is 0 Å². The van der Waals surface area contributed by atoms with Crippen LogP contribution in [-0.2, 0) is 12.5 Å². The van der Waals surface area contributed by atoms with E-state index in [2.05, 4.69) is 11.9 Å². The Morgan fingerprint density at radius 3 is 1.81 bits per heavy atom. The van der Waals surface area contributed by atoms with Gasteiger partial charge in [-0.15, -0.1) is 0 Å². The topological polar surface area (TPSA) is 22.1 Å². The minimum Gasteiger partial charge on any atom is -0.429 e. The number of aromatic nitrogens is 1. The van der Waals surface area contributed by atoms with E-state index in [1.165, 1.54) is 48.2 Å². The normalized spacial score (nSPS) is 11.5. The zero-order chi connectivity index (χ0) is 30.6. The van der Waals surface area contributed by atoms with E-state index in [0.29, 0.717) is 16.7 Å². The Morgan fingerprint density at radius 1 is 0.628 bits per heavy atom. The molecule has 0 amide bonds. The van der Waals surface area contributed by atoms with Crippen molar-refractivity contribution < 1.29 is 31.1 Å². The molecule has 1 aromatic heterocycles. The molecule has 0 saturated carbocycles. The molecule has 5 rings (SSSR count). The van der Waals surface area contributed by atoms with Crippen molar-refractivity contribution in [2.75, 3.05) is 0 Å². The number of ether oxygens (including phenoxy) is 1. The van der Waals surface area contributed by atoms with Crippen LogP contribution in [0.4, 0.5) is 26.3 Å². The maximum absolute atomic E-state index is 15.0. The number of hydrogen-bond donors (Lipinski definition) is 0. The molecule has 0 fully saturated rings. The summed E-state index contributed by atoms with van der Waals surface area (Å²) in [6.07, 6.45) is 1.82. The van der Waals surface area contributed by atoms with E-state index >= 15 is 0 Å². The highest BCUT2D eigenvalue weighted by atomic mass is 19.3. The van der Waals surface area contributed by atoms with Gasteiger partial charge in [0.25, 0.3) is 0 Å². The summed E-state index contributed by atoms with van der Waals surface area (Å²) in [5.74, 6) is -5.48. The van der Waals surface area contributed by atoms with Crippen molar-refractivity contribution in [2.24, 2.45) is 0 Å². The van der Waals surface area contributed by atoms with Gasteiger partial charge in [-0.3, -0.25) is 4.98 Å². The average Bonchev–Trinajstić information content (AvgIpc) is 3.00. The average molecular weight is 592 g/mol. The van der Waals surface area contributed by atoms with Crippen LogP contribution in [0.15, 0.2) is 97.2 Å². The molecule has 0 unspecified atom stereocenters. The van der Waals surface area contributed by atoms with Gasteiger partial charge >= 0.3 is 6.11 Å². The number of hydrogen-bond acceptors (Lipinski definition) is 2. The number of nitrogens with zero attached hydrogens (tertiary/aromatic N) is 1. The lowest BCUT2D eigenvalue weighted by Gasteiger charge is -2.19. The number of pyridine rings is 1. The maximum Gasteiger partial charge on any atom is 0.429 e. The molecule has 220 valence electrons. The Labute approximate surface area is 245 Å². The van der Waals surface area contributed by atoms with Gasteiger partial charge in [-0.05, 0) is 77.6 Å². The molecule has 0 bridgehead atoms. The van der Waals surface area contributed by atoms with E-state index < -0.39 is 34.9 Å². The molecule has 0 aliphatic heterocycles. The first-order chi connectivity index (χ1) is 20.6. The molecule has 0 aliphatic rings. The second kappa shape index (κ2) is 12.7. The van der Waals surface area contributed by atoms with Crippen LogP contribution in [-0.4, -0.2) is 4.98 Å². The summed E-state index contributed by atoms with van der Waals surface area (Å²) in [6, 6.07) is 21.7. The van der Waals surface area contributed by atoms with Crippen molar-refractivity contribution in [2.45, 2.75) is 38.7 Å². The monoisotopic (exact) mass is 591 g/mol. The molecule has 0 radical (unpaired) electrons. The first-order valence-corrected chi connectivity index (χ1v) is 13.8.